The maximum absolute atomic E-state index is 11.5. The summed E-state index contributed by atoms with van der Waals surface area (Å²) >= 11 is 0. The molecule has 0 spiro atoms. The molecule has 0 bridgehead atoms. The van der Waals surface area contributed by atoms with E-state index in [2.05, 4.69) is 27.7 Å². The number of nitrogens with zero attached hydrogens (tertiary/aromatic N) is 4. The topological polar surface area (TPSA) is 60.7 Å². The fourth-order valence-corrected chi connectivity index (χ4v) is 2.53. The molecule has 2 rings (SSSR count). The second kappa shape index (κ2) is 4.37. The summed E-state index contributed by atoms with van der Waals surface area (Å²) in [5.74, 6) is 0. The Balaban J connectivity index is 2.69. The van der Waals surface area contributed by atoms with Gasteiger partial charge < -0.3 is 0 Å². The molecule has 0 N–H and O–H groups in total. The van der Waals surface area contributed by atoms with E-state index >= 15 is 0 Å². The third-order valence-corrected chi connectivity index (χ3v) is 3.31. The number of hydrogen-bond acceptors (Lipinski definition) is 4. The van der Waals surface area contributed by atoms with E-state index < -0.39 is 10.8 Å². The normalized spacial score (nSPS) is 12.7. The van der Waals surface area contributed by atoms with E-state index in [1.54, 1.807) is 10.9 Å². The summed E-state index contributed by atoms with van der Waals surface area (Å²) in [6.07, 6.45) is 1.57. The number of aromatic nitrogens is 4. The van der Waals surface area contributed by atoms with Crippen molar-refractivity contribution in [2.75, 3.05) is 6.26 Å². The molecule has 0 fully saturated rings. The highest BCUT2D eigenvalue weighted by atomic mass is 32.2. The van der Waals surface area contributed by atoms with E-state index in [0.717, 1.165) is 16.8 Å². The molecule has 17 heavy (non-hydrogen) atoms. The van der Waals surface area contributed by atoms with Crippen LogP contribution in [0.2, 0.25) is 0 Å². The number of benzene rings is 1. The minimum Gasteiger partial charge on any atom is -0.251 e. The van der Waals surface area contributed by atoms with Crippen molar-refractivity contribution in [3.63, 3.8) is 0 Å². The average Bonchev–Trinajstić information content (AvgIpc) is 2.64. The minimum atomic E-state index is -1.20. The largest absolute Gasteiger partial charge is 0.251 e. The van der Waals surface area contributed by atoms with Gasteiger partial charge in [0.05, 0.1) is 16.5 Å². The molecule has 1 aromatic heterocycles. The van der Waals surface area contributed by atoms with E-state index in [1.165, 1.54) is 5.56 Å². The zero-order valence-corrected chi connectivity index (χ0v) is 11.1. The van der Waals surface area contributed by atoms with Gasteiger partial charge in [-0.15, -0.1) is 0 Å². The molecule has 0 aliphatic rings. The minimum absolute atomic E-state index is 0.375. The third-order valence-electron chi connectivity index (χ3n) is 2.55. The summed E-state index contributed by atoms with van der Waals surface area (Å²) in [4.78, 5) is 0. The van der Waals surface area contributed by atoms with Gasteiger partial charge in [0.25, 0.3) is 0 Å². The SMILES string of the molecule is Cc1cc(C)c(-n2nnnc2S(C)=O)c(C)c1. The lowest BCUT2D eigenvalue weighted by molar-refractivity contribution is 0.669. The summed E-state index contributed by atoms with van der Waals surface area (Å²) in [6.45, 7) is 6.04. The van der Waals surface area contributed by atoms with Crippen LogP contribution in [0.15, 0.2) is 17.3 Å². The Labute approximate surface area is 102 Å². The average molecular weight is 250 g/mol. The predicted octanol–water partition coefficient (Wildman–Crippen LogP) is 1.32. The Kier molecular flexibility index (Phi) is 3.06. The maximum atomic E-state index is 11.5. The van der Waals surface area contributed by atoms with Gasteiger partial charge in [0, 0.05) is 6.26 Å². The molecule has 90 valence electrons. The van der Waals surface area contributed by atoms with Crippen molar-refractivity contribution < 1.29 is 4.21 Å². The van der Waals surface area contributed by atoms with Gasteiger partial charge in [-0.1, -0.05) is 22.8 Å². The quantitative estimate of drug-likeness (QED) is 0.806. The van der Waals surface area contributed by atoms with Gasteiger partial charge in [0.2, 0.25) is 5.16 Å². The van der Waals surface area contributed by atoms with Crippen LogP contribution < -0.4 is 0 Å². The Bertz CT molecular complexity index is 568. The zero-order chi connectivity index (χ0) is 12.6. The van der Waals surface area contributed by atoms with Crippen molar-refractivity contribution in [3.05, 3.63) is 28.8 Å². The third kappa shape index (κ3) is 2.12. The molecule has 1 unspecified atom stereocenters. The van der Waals surface area contributed by atoms with E-state index in [0.29, 0.717) is 5.16 Å². The Hall–Kier alpha value is -1.56. The fourth-order valence-electron chi connectivity index (χ4n) is 2.00. The molecule has 0 radical (unpaired) electrons. The lowest BCUT2D eigenvalue weighted by atomic mass is 10.1. The first-order valence-corrected chi connectivity index (χ1v) is 6.76. The number of hydrogen-bond donors (Lipinski definition) is 0. The highest BCUT2D eigenvalue weighted by Gasteiger charge is 2.15. The molecule has 0 aliphatic heterocycles. The fraction of sp³-hybridized carbons (Fsp3) is 0.364. The summed E-state index contributed by atoms with van der Waals surface area (Å²) in [5.41, 5.74) is 4.24. The standard InChI is InChI=1S/C11H14N4OS/c1-7-5-8(2)10(9(3)6-7)15-11(17(4)16)12-13-14-15/h5-6H,1-4H3. The lowest BCUT2D eigenvalue weighted by Gasteiger charge is -2.11. The van der Waals surface area contributed by atoms with Crippen LogP contribution in [0, 0.1) is 20.8 Å². The van der Waals surface area contributed by atoms with Crippen molar-refractivity contribution in [3.8, 4) is 5.69 Å². The van der Waals surface area contributed by atoms with Crippen molar-refractivity contribution in [2.45, 2.75) is 25.9 Å². The summed E-state index contributed by atoms with van der Waals surface area (Å²) < 4.78 is 13.1. The van der Waals surface area contributed by atoms with Gasteiger partial charge in [0.1, 0.15) is 0 Å². The Morgan fingerprint density at radius 2 is 1.76 bits per heavy atom. The Morgan fingerprint density at radius 3 is 2.29 bits per heavy atom. The summed E-state index contributed by atoms with van der Waals surface area (Å²) in [5, 5.41) is 11.7. The van der Waals surface area contributed by atoms with Crippen LogP contribution in [0.4, 0.5) is 0 Å². The maximum Gasteiger partial charge on any atom is 0.244 e. The monoisotopic (exact) mass is 250 g/mol. The molecule has 2 aromatic rings. The van der Waals surface area contributed by atoms with Crippen LogP contribution in [0.25, 0.3) is 5.69 Å². The first kappa shape index (κ1) is 11.9. The highest BCUT2D eigenvalue weighted by molar-refractivity contribution is 7.84. The van der Waals surface area contributed by atoms with E-state index in [-0.39, 0.29) is 0 Å². The molecular weight excluding hydrogens is 236 g/mol. The van der Waals surface area contributed by atoms with E-state index in [9.17, 15) is 4.21 Å². The molecular formula is C11H14N4OS. The smallest absolute Gasteiger partial charge is 0.244 e. The number of rotatable bonds is 2. The van der Waals surface area contributed by atoms with Gasteiger partial charge in [-0.3, -0.25) is 4.21 Å². The summed E-state index contributed by atoms with van der Waals surface area (Å²) in [6, 6.07) is 4.12. The van der Waals surface area contributed by atoms with Crippen LogP contribution in [-0.4, -0.2) is 30.7 Å². The van der Waals surface area contributed by atoms with Crippen molar-refractivity contribution in [2.24, 2.45) is 0 Å². The first-order valence-electron chi connectivity index (χ1n) is 5.20. The molecule has 1 heterocycles. The first-order chi connectivity index (χ1) is 8.00. The second-order valence-electron chi connectivity index (χ2n) is 4.07. The van der Waals surface area contributed by atoms with Crippen molar-refractivity contribution >= 4 is 10.8 Å². The van der Waals surface area contributed by atoms with Gasteiger partial charge >= 0.3 is 0 Å². The van der Waals surface area contributed by atoms with Gasteiger partial charge in [-0.05, 0) is 42.3 Å². The predicted molar refractivity (Wildman–Crippen MR) is 65.7 cm³/mol. The van der Waals surface area contributed by atoms with Gasteiger partial charge in [-0.2, -0.15) is 4.68 Å². The van der Waals surface area contributed by atoms with Crippen molar-refractivity contribution in [1.82, 2.24) is 20.2 Å². The van der Waals surface area contributed by atoms with E-state index in [4.69, 9.17) is 0 Å². The van der Waals surface area contributed by atoms with Crippen LogP contribution in [-0.2, 0) is 10.8 Å². The van der Waals surface area contributed by atoms with Crippen LogP contribution in [0.1, 0.15) is 16.7 Å². The van der Waals surface area contributed by atoms with Crippen molar-refractivity contribution in [1.29, 1.82) is 0 Å². The molecule has 5 nitrogen and oxygen atoms in total. The van der Waals surface area contributed by atoms with Gasteiger partial charge in [0.15, 0.2) is 0 Å². The Morgan fingerprint density at radius 1 is 1.18 bits per heavy atom. The molecule has 1 aromatic carbocycles. The zero-order valence-electron chi connectivity index (χ0n) is 10.3. The molecule has 0 amide bonds. The van der Waals surface area contributed by atoms with Crippen LogP contribution >= 0.6 is 0 Å². The second-order valence-corrected chi connectivity index (χ2v) is 5.35. The van der Waals surface area contributed by atoms with Crippen LogP contribution in [0.5, 0.6) is 0 Å². The molecule has 0 saturated carbocycles. The van der Waals surface area contributed by atoms with Crippen LogP contribution in [0.3, 0.4) is 0 Å². The highest BCUT2D eigenvalue weighted by Crippen LogP contribution is 2.21. The number of tetrazole rings is 1. The lowest BCUT2D eigenvalue weighted by Crippen LogP contribution is -2.08. The molecule has 6 heteroatoms. The molecule has 0 aliphatic carbocycles. The molecule has 1 atom stereocenters. The van der Waals surface area contributed by atoms with Gasteiger partial charge in [-0.25, -0.2) is 0 Å². The summed E-state index contributed by atoms with van der Waals surface area (Å²) in [7, 11) is -1.20. The molecule has 0 saturated heterocycles. The number of aryl methyl sites for hydroxylation is 3. The van der Waals surface area contributed by atoms with E-state index in [1.807, 2.05) is 20.8 Å².